The van der Waals surface area contributed by atoms with Crippen molar-refractivity contribution in [1.29, 1.82) is 0 Å². The van der Waals surface area contributed by atoms with Crippen LogP contribution in [0.25, 0.3) is 5.69 Å². The molecule has 1 aromatic heterocycles. The molecule has 122 valence electrons. The van der Waals surface area contributed by atoms with E-state index < -0.39 is 0 Å². The fraction of sp³-hybridized carbons (Fsp3) is 0.400. The highest BCUT2D eigenvalue weighted by molar-refractivity contribution is 5.81. The fourth-order valence-corrected chi connectivity index (χ4v) is 1.92. The van der Waals surface area contributed by atoms with Crippen LogP contribution in [0.2, 0.25) is 0 Å². The zero-order chi connectivity index (χ0) is 16.7. The molecule has 0 fully saturated rings. The molecule has 0 bridgehead atoms. The van der Waals surface area contributed by atoms with Crippen LogP contribution in [0.5, 0.6) is 0 Å². The number of tetrazole rings is 1. The van der Waals surface area contributed by atoms with Gasteiger partial charge in [0.1, 0.15) is 0 Å². The van der Waals surface area contributed by atoms with E-state index in [1.165, 1.54) is 0 Å². The van der Waals surface area contributed by atoms with E-state index in [1.54, 1.807) is 11.6 Å². The minimum Gasteiger partial charge on any atom is -0.466 e. The van der Waals surface area contributed by atoms with Gasteiger partial charge < -0.3 is 10.1 Å². The summed E-state index contributed by atoms with van der Waals surface area (Å²) in [6.07, 6.45) is 0.132. The van der Waals surface area contributed by atoms with E-state index in [0.29, 0.717) is 12.4 Å². The largest absolute Gasteiger partial charge is 0.466 e. The van der Waals surface area contributed by atoms with Crippen molar-refractivity contribution in [3.05, 3.63) is 35.7 Å². The Balaban J connectivity index is 1.89. The molecule has 0 spiro atoms. The lowest BCUT2D eigenvalue weighted by Crippen LogP contribution is -2.25. The number of ether oxygens (including phenoxy) is 1. The third kappa shape index (κ3) is 4.87. The molecule has 0 unspecified atom stereocenters. The standard InChI is InChI=1S/C15H19N5O3/c1-3-23-15(22)9-8-14(21)16-10-13-17-18-19-20(13)12-6-4-11(2)5-7-12/h4-7H,3,8-10H2,1-2H3,(H,16,21). The summed E-state index contributed by atoms with van der Waals surface area (Å²) in [5.41, 5.74) is 1.95. The monoisotopic (exact) mass is 317 g/mol. The Morgan fingerprint density at radius 1 is 1.22 bits per heavy atom. The van der Waals surface area contributed by atoms with Gasteiger partial charge >= 0.3 is 5.97 Å². The molecular weight excluding hydrogens is 298 g/mol. The Labute approximate surface area is 133 Å². The Kier molecular flexibility index (Phi) is 5.79. The maximum Gasteiger partial charge on any atom is 0.306 e. The molecule has 1 N–H and O–H groups in total. The summed E-state index contributed by atoms with van der Waals surface area (Å²) in [6, 6.07) is 7.72. The number of hydrogen-bond donors (Lipinski definition) is 1. The lowest BCUT2D eigenvalue weighted by Gasteiger charge is -2.06. The minimum absolute atomic E-state index is 0.0581. The van der Waals surface area contributed by atoms with Crippen LogP contribution in [-0.2, 0) is 20.9 Å². The fourth-order valence-electron chi connectivity index (χ4n) is 1.92. The smallest absolute Gasteiger partial charge is 0.306 e. The number of nitrogens with one attached hydrogen (secondary N) is 1. The van der Waals surface area contributed by atoms with Gasteiger partial charge in [0.05, 0.1) is 25.3 Å². The van der Waals surface area contributed by atoms with Crippen molar-refractivity contribution < 1.29 is 14.3 Å². The van der Waals surface area contributed by atoms with E-state index in [2.05, 4.69) is 20.8 Å². The van der Waals surface area contributed by atoms with Crippen LogP contribution < -0.4 is 5.32 Å². The maximum absolute atomic E-state index is 11.7. The third-order valence-corrected chi connectivity index (χ3v) is 3.12. The Bertz CT molecular complexity index is 666. The molecular formula is C15H19N5O3. The number of carbonyl (C=O) groups is 2. The minimum atomic E-state index is -0.382. The second kappa shape index (κ2) is 8.02. The number of aromatic nitrogens is 4. The molecule has 23 heavy (non-hydrogen) atoms. The molecule has 0 saturated heterocycles. The Hall–Kier alpha value is -2.77. The summed E-state index contributed by atoms with van der Waals surface area (Å²) in [6.45, 7) is 4.21. The van der Waals surface area contributed by atoms with Crippen molar-refractivity contribution in [2.45, 2.75) is 33.2 Å². The van der Waals surface area contributed by atoms with Gasteiger partial charge in [-0.2, -0.15) is 4.68 Å². The van der Waals surface area contributed by atoms with Gasteiger partial charge in [0.15, 0.2) is 5.82 Å². The molecule has 0 saturated carbocycles. The third-order valence-electron chi connectivity index (χ3n) is 3.12. The van der Waals surface area contributed by atoms with Crippen molar-refractivity contribution in [2.75, 3.05) is 6.61 Å². The number of hydrogen-bond acceptors (Lipinski definition) is 6. The van der Waals surface area contributed by atoms with Gasteiger partial charge in [-0.25, -0.2) is 0 Å². The highest BCUT2D eigenvalue weighted by atomic mass is 16.5. The van der Waals surface area contributed by atoms with Crippen molar-refractivity contribution in [3.8, 4) is 5.69 Å². The van der Waals surface area contributed by atoms with E-state index in [9.17, 15) is 9.59 Å². The van der Waals surface area contributed by atoms with E-state index in [0.717, 1.165) is 11.3 Å². The molecule has 1 aromatic carbocycles. The van der Waals surface area contributed by atoms with Gasteiger partial charge in [-0.1, -0.05) is 17.7 Å². The first-order valence-electron chi connectivity index (χ1n) is 7.36. The van der Waals surface area contributed by atoms with Gasteiger partial charge in [-0.3, -0.25) is 9.59 Å². The van der Waals surface area contributed by atoms with Crippen LogP contribution in [-0.4, -0.2) is 38.7 Å². The lowest BCUT2D eigenvalue weighted by molar-refractivity contribution is -0.144. The maximum atomic E-state index is 11.7. The second-order valence-corrected chi connectivity index (χ2v) is 4.92. The number of nitrogens with zero attached hydrogens (tertiary/aromatic N) is 4. The number of aryl methyl sites for hydroxylation is 1. The van der Waals surface area contributed by atoms with Gasteiger partial charge in [-0.05, 0) is 36.4 Å². The van der Waals surface area contributed by atoms with Crippen molar-refractivity contribution in [3.63, 3.8) is 0 Å². The topological polar surface area (TPSA) is 99.0 Å². The van der Waals surface area contributed by atoms with Crippen LogP contribution >= 0.6 is 0 Å². The first-order chi connectivity index (χ1) is 11.1. The Morgan fingerprint density at radius 2 is 1.96 bits per heavy atom. The Morgan fingerprint density at radius 3 is 2.65 bits per heavy atom. The lowest BCUT2D eigenvalue weighted by atomic mass is 10.2. The quantitative estimate of drug-likeness (QED) is 0.763. The van der Waals surface area contributed by atoms with Gasteiger partial charge in [0.25, 0.3) is 0 Å². The van der Waals surface area contributed by atoms with Crippen molar-refractivity contribution >= 4 is 11.9 Å². The number of carbonyl (C=O) groups excluding carboxylic acids is 2. The molecule has 0 aliphatic carbocycles. The molecule has 0 atom stereocenters. The normalized spacial score (nSPS) is 10.3. The van der Waals surface area contributed by atoms with Crippen LogP contribution in [0.15, 0.2) is 24.3 Å². The van der Waals surface area contributed by atoms with Gasteiger partial charge in [0.2, 0.25) is 5.91 Å². The van der Waals surface area contributed by atoms with Crippen LogP contribution in [0.3, 0.4) is 0 Å². The van der Waals surface area contributed by atoms with E-state index in [4.69, 9.17) is 4.74 Å². The van der Waals surface area contributed by atoms with Crippen molar-refractivity contribution in [1.82, 2.24) is 25.5 Å². The second-order valence-electron chi connectivity index (χ2n) is 4.92. The predicted molar refractivity (Wildman–Crippen MR) is 81.6 cm³/mol. The zero-order valence-electron chi connectivity index (χ0n) is 13.2. The summed E-state index contributed by atoms with van der Waals surface area (Å²) in [5.74, 6) is -0.123. The van der Waals surface area contributed by atoms with Crippen LogP contribution in [0, 0.1) is 6.92 Å². The highest BCUT2D eigenvalue weighted by Gasteiger charge is 2.11. The number of benzene rings is 1. The van der Waals surface area contributed by atoms with E-state index in [-0.39, 0.29) is 31.3 Å². The number of rotatable bonds is 7. The van der Waals surface area contributed by atoms with Gasteiger partial charge in [-0.15, -0.1) is 5.10 Å². The SMILES string of the molecule is CCOC(=O)CCC(=O)NCc1nnnn1-c1ccc(C)cc1. The highest BCUT2D eigenvalue weighted by Crippen LogP contribution is 2.09. The molecule has 2 aromatic rings. The van der Waals surface area contributed by atoms with E-state index in [1.807, 2.05) is 31.2 Å². The average molecular weight is 317 g/mol. The molecule has 2 rings (SSSR count). The number of esters is 1. The molecule has 1 heterocycles. The summed E-state index contributed by atoms with van der Waals surface area (Å²) < 4.78 is 6.33. The van der Waals surface area contributed by atoms with Crippen molar-refractivity contribution in [2.24, 2.45) is 0 Å². The van der Waals surface area contributed by atoms with E-state index >= 15 is 0 Å². The molecule has 0 radical (unpaired) electrons. The first kappa shape index (κ1) is 16.6. The molecule has 8 heteroatoms. The summed E-state index contributed by atoms with van der Waals surface area (Å²) >= 11 is 0. The van der Waals surface area contributed by atoms with Crippen LogP contribution in [0.1, 0.15) is 31.2 Å². The molecule has 0 aliphatic heterocycles. The molecule has 0 aliphatic rings. The zero-order valence-corrected chi connectivity index (χ0v) is 13.2. The summed E-state index contributed by atoms with van der Waals surface area (Å²) in [4.78, 5) is 23.0. The average Bonchev–Trinajstić information content (AvgIpc) is 3.00. The van der Waals surface area contributed by atoms with Gasteiger partial charge in [0, 0.05) is 6.42 Å². The predicted octanol–water partition coefficient (Wildman–Crippen LogP) is 0.930. The van der Waals surface area contributed by atoms with Crippen LogP contribution in [0.4, 0.5) is 0 Å². The number of amides is 1. The first-order valence-corrected chi connectivity index (χ1v) is 7.36. The summed E-state index contributed by atoms with van der Waals surface area (Å²) in [5, 5.41) is 14.2. The molecule has 8 nitrogen and oxygen atoms in total. The summed E-state index contributed by atoms with van der Waals surface area (Å²) in [7, 11) is 0. The molecule has 1 amide bonds.